The van der Waals surface area contributed by atoms with E-state index in [1.165, 1.54) is 12.0 Å². The summed E-state index contributed by atoms with van der Waals surface area (Å²) in [5.74, 6) is 0. The molecule has 0 nitrogen and oxygen atoms in total. The molecule has 0 unspecified atom stereocenters. The van der Waals surface area contributed by atoms with Crippen molar-refractivity contribution in [3.05, 3.63) is 48.6 Å². The lowest BCUT2D eigenvalue weighted by molar-refractivity contribution is 1.09. The minimum Gasteiger partial charge on any atom is -0.0988 e. The van der Waals surface area contributed by atoms with Crippen molar-refractivity contribution >= 4 is 0 Å². The molecule has 0 aliphatic heterocycles. The highest BCUT2D eigenvalue weighted by Crippen LogP contribution is 2.17. The molecule has 16 heavy (non-hydrogen) atoms. The molecule has 94 valence electrons. The van der Waals surface area contributed by atoms with Gasteiger partial charge in [0, 0.05) is 0 Å². The molecule has 0 amide bonds. The molecule has 0 saturated carbocycles. The number of allylic oxidation sites excluding steroid dienone is 5. The van der Waals surface area contributed by atoms with Crippen molar-refractivity contribution in [1.82, 2.24) is 0 Å². The Labute approximate surface area is 103 Å². The summed E-state index contributed by atoms with van der Waals surface area (Å²) in [7, 11) is 0. The maximum absolute atomic E-state index is 3.87. The molecule has 0 spiro atoms. The van der Waals surface area contributed by atoms with E-state index in [0.717, 1.165) is 17.6 Å². The fourth-order valence-corrected chi connectivity index (χ4v) is 1.02. The van der Waals surface area contributed by atoms with Gasteiger partial charge in [0.2, 0.25) is 0 Å². The van der Waals surface area contributed by atoms with Gasteiger partial charge in [0.1, 0.15) is 0 Å². The topological polar surface area (TPSA) is 0 Å². The lowest BCUT2D eigenvalue weighted by Gasteiger charge is -2.05. The summed E-state index contributed by atoms with van der Waals surface area (Å²) >= 11 is 0. The van der Waals surface area contributed by atoms with E-state index in [4.69, 9.17) is 0 Å². The summed E-state index contributed by atoms with van der Waals surface area (Å²) in [6.07, 6.45) is 5.94. The zero-order valence-corrected chi connectivity index (χ0v) is 12.2. The van der Waals surface area contributed by atoms with Crippen molar-refractivity contribution in [1.29, 1.82) is 0 Å². The first-order valence-corrected chi connectivity index (χ1v) is 6.22. The quantitative estimate of drug-likeness (QED) is 0.505. The van der Waals surface area contributed by atoms with Crippen LogP contribution in [-0.2, 0) is 0 Å². The Hall–Kier alpha value is -1.04. The molecule has 0 N–H and O–H groups in total. The van der Waals surface area contributed by atoms with Crippen LogP contribution in [0, 0.1) is 0 Å². The molecule has 0 rings (SSSR count). The number of hydrogen-bond donors (Lipinski definition) is 0. The Morgan fingerprint density at radius 3 is 1.44 bits per heavy atom. The van der Waals surface area contributed by atoms with Crippen LogP contribution in [-0.4, -0.2) is 0 Å². The van der Waals surface area contributed by atoms with E-state index in [1.54, 1.807) is 0 Å². The van der Waals surface area contributed by atoms with Gasteiger partial charge in [0.05, 0.1) is 0 Å². The van der Waals surface area contributed by atoms with E-state index in [2.05, 4.69) is 40.5 Å². The van der Waals surface area contributed by atoms with Crippen molar-refractivity contribution in [3.8, 4) is 0 Å². The monoisotopic (exact) mass is 222 g/mol. The predicted octanol–water partition coefficient (Wildman–Crippen LogP) is 6.08. The molecule has 0 aliphatic carbocycles. The minimum absolute atomic E-state index is 0.984. The second-order valence-corrected chi connectivity index (χ2v) is 3.19. The van der Waals surface area contributed by atoms with Gasteiger partial charge in [-0.3, -0.25) is 0 Å². The zero-order valence-electron chi connectivity index (χ0n) is 12.2. The third-order valence-electron chi connectivity index (χ3n) is 1.64. The van der Waals surface area contributed by atoms with Crippen LogP contribution in [0.2, 0.25) is 0 Å². The third kappa shape index (κ3) is 11.0. The highest BCUT2D eigenvalue weighted by Gasteiger charge is 1.97. The van der Waals surface area contributed by atoms with Gasteiger partial charge in [-0.05, 0) is 24.5 Å². The molecule has 0 aromatic rings. The first-order valence-electron chi connectivity index (χ1n) is 6.22. The zero-order chi connectivity index (χ0) is 13.6. The van der Waals surface area contributed by atoms with Crippen molar-refractivity contribution in [2.24, 2.45) is 0 Å². The van der Waals surface area contributed by atoms with Crippen LogP contribution in [0.15, 0.2) is 48.6 Å². The fourth-order valence-electron chi connectivity index (χ4n) is 1.02. The van der Waals surface area contributed by atoms with Crippen LogP contribution in [0.25, 0.3) is 0 Å². The van der Waals surface area contributed by atoms with E-state index < -0.39 is 0 Å². The van der Waals surface area contributed by atoms with Crippen LogP contribution in [0.4, 0.5) is 0 Å². The summed E-state index contributed by atoms with van der Waals surface area (Å²) in [6, 6.07) is 0. The smallest absolute Gasteiger partial charge is 0.0207 e. The Balaban J connectivity index is -0.000000289. The van der Waals surface area contributed by atoms with Gasteiger partial charge >= 0.3 is 0 Å². The van der Waals surface area contributed by atoms with Crippen molar-refractivity contribution in [2.75, 3.05) is 0 Å². The van der Waals surface area contributed by atoms with Gasteiger partial charge < -0.3 is 0 Å². The normalized spacial score (nSPS) is 9.62. The minimum atomic E-state index is 0.984. The second kappa shape index (κ2) is 16.4. The Kier molecular flexibility index (Phi) is 20.9. The van der Waals surface area contributed by atoms with Crippen molar-refractivity contribution < 1.29 is 0 Å². The Morgan fingerprint density at radius 2 is 1.38 bits per heavy atom. The maximum Gasteiger partial charge on any atom is -0.0207 e. The van der Waals surface area contributed by atoms with Gasteiger partial charge in [-0.2, -0.15) is 0 Å². The van der Waals surface area contributed by atoms with E-state index >= 15 is 0 Å². The molecule has 0 aromatic carbocycles. The molecule has 0 bridgehead atoms. The summed E-state index contributed by atoms with van der Waals surface area (Å²) in [5.41, 5.74) is 3.40. The molecule has 0 aromatic heterocycles. The van der Waals surface area contributed by atoms with E-state index in [1.807, 2.05) is 32.9 Å². The van der Waals surface area contributed by atoms with Gasteiger partial charge in [-0.1, -0.05) is 78.5 Å². The second-order valence-electron chi connectivity index (χ2n) is 3.19. The highest BCUT2D eigenvalue weighted by atomic mass is 14.0. The van der Waals surface area contributed by atoms with Crippen molar-refractivity contribution in [3.63, 3.8) is 0 Å². The van der Waals surface area contributed by atoms with E-state index in [0.29, 0.717) is 0 Å². The van der Waals surface area contributed by atoms with Crippen LogP contribution < -0.4 is 0 Å². The Bertz CT molecular complexity index is 216. The molecular formula is C16H30. The fraction of sp³-hybridized carbons (Fsp3) is 0.500. The molecule has 0 heteroatoms. The molecule has 0 atom stereocenters. The van der Waals surface area contributed by atoms with Gasteiger partial charge in [0.25, 0.3) is 0 Å². The molecule has 0 heterocycles. The summed E-state index contributed by atoms with van der Waals surface area (Å²) in [6.45, 7) is 23.7. The first kappa shape index (κ1) is 20.4. The first-order chi connectivity index (χ1) is 7.58. The van der Waals surface area contributed by atoms with Gasteiger partial charge in [-0.15, -0.1) is 0 Å². The summed E-state index contributed by atoms with van der Waals surface area (Å²) in [5, 5.41) is 0. The van der Waals surface area contributed by atoms with Crippen LogP contribution >= 0.6 is 0 Å². The van der Waals surface area contributed by atoms with Crippen molar-refractivity contribution in [2.45, 2.75) is 54.4 Å². The number of hydrogen-bond acceptors (Lipinski definition) is 0. The van der Waals surface area contributed by atoms with E-state index in [9.17, 15) is 0 Å². The number of rotatable bonds is 4. The van der Waals surface area contributed by atoms with Gasteiger partial charge in [-0.25, -0.2) is 0 Å². The average molecular weight is 222 g/mol. The molecule has 0 radical (unpaired) electrons. The van der Waals surface area contributed by atoms with Crippen LogP contribution in [0.3, 0.4) is 0 Å². The van der Waals surface area contributed by atoms with Crippen LogP contribution in [0.1, 0.15) is 54.4 Å². The standard InChI is InChI=1S/C11H16.C3H8.C2H6/c1-6-10(7-2)11(8-3)9(4)5;1-3-2;1-2/h6,8H,1,3-4,7H2,2,5H3;3H2,1-2H3;1-2H3/b11-10-;;. The summed E-state index contributed by atoms with van der Waals surface area (Å²) < 4.78 is 0. The lowest BCUT2D eigenvalue weighted by Crippen LogP contribution is -1.85. The SMILES string of the molecule is C=C/C(CC)=C(\C=C)C(=C)C.CC.CCC. The molecule has 0 saturated heterocycles. The molecular weight excluding hydrogens is 192 g/mol. The van der Waals surface area contributed by atoms with E-state index in [-0.39, 0.29) is 0 Å². The lowest BCUT2D eigenvalue weighted by atomic mass is 10.0. The maximum atomic E-state index is 3.87. The predicted molar refractivity (Wildman–Crippen MR) is 79.8 cm³/mol. The van der Waals surface area contributed by atoms with Gasteiger partial charge in [0.15, 0.2) is 0 Å². The molecule has 0 fully saturated rings. The highest BCUT2D eigenvalue weighted by molar-refractivity contribution is 5.43. The molecule has 0 aliphatic rings. The third-order valence-corrected chi connectivity index (χ3v) is 1.64. The largest absolute Gasteiger partial charge is 0.0988 e. The van der Waals surface area contributed by atoms with Crippen LogP contribution in [0.5, 0.6) is 0 Å². The average Bonchev–Trinajstić information content (AvgIpc) is 2.29. The Morgan fingerprint density at radius 1 is 1.00 bits per heavy atom. The summed E-state index contributed by atoms with van der Waals surface area (Å²) in [4.78, 5) is 0.